The number of likely N-dealkylation sites (tertiary alicyclic amines) is 2. The second-order valence-corrected chi connectivity index (χ2v) is 22.3. The molecule has 6 atom stereocenters. The number of esters is 2. The Morgan fingerprint density at radius 2 is 0.841 bits per heavy atom. The van der Waals surface area contributed by atoms with Crippen LogP contribution in [0.5, 0.6) is 11.5 Å². The van der Waals surface area contributed by atoms with Gasteiger partial charge in [-0.25, -0.2) is 18.4 Å². The fourth-order valence-electron chi connectivity index (χ4n) is 9.96. The molecule has 6 rings (SSSR count). The van der Waals surface area contributed by atoms with E-state index in [-0.39, 0.29) is 62.1 Å². The standard InChI is InChI=1S/C62H84F2N4O14/c1-41(2)39-79-53-17-9-45(10-18-53)57(59(75)67(37-43-5-13-47(63)14-6-43)49-21-29-65(30-22-49)33-25-51(71)27-35-69)81-61(77)55(73)56(74)62(78)82-58(46-11-19-54(20-12-46)80-40-42(3)4)60(76)68(38-44-7-15-48(64)16-8-44)50-23-31-66(32-24-50)34-26-52(72)28-36-70/h5-20,41-42,49-52,55-58,69-74H,21-40H2,1-4H3. The van der Waals surface area contributed by atoms with Crippen LogP contribution in [0.15, 0.2) is 97.1 Å². The highest BCUT2D eigenvalue weighted by Crippen LogP contribution is 2.32. The third-order valence-electron chi connectivity index (χ3n) is 14.8. The first-order chi connectivity index (χ1) is 39.3. The average Bonchev–Trinajstić information content (AvgIpc) is 3.62. The van der Waals surface area contributed by atoms with Gasteiger partial charge in [0.15, 0.2) is 12.2 Å². The number of hydrogen-bond acceptors (Lipinski definition) is 16. The van der Waals surface area contributed by atoms with Gasteiger partial charge < -0.3 is 69.2 Å². The van der Waals surface area contributed by atoms with E-state index in [1.54, 1.807) is 24.3 Å². The van der Waals surface area contributed by atoms with E-state index < -0.39 is 84.1 Å². The van der Waals surface area contributed by atoms with Gasteiger partial charge in [0.1, 0.15) is 23.1 Å². The summed E-state index contributed by atoms with van der Waals surface area (Å²) >= 11 is 0. The van der Waals surface area contributed by atoms with Gasteiger partial charge >= 0.3 is 11.9 Å². The number of aliphatic hydroxyl groups is 6. The third-order valence-corrected chi connectivity index (χ3v) is 14.8. The Kier molecular flexibility index (Phi) is 25.9. The molecular formula is C62H84F2N4O14. The number of halogens is 2. The molecule has 6 N–H and O–H groups in total. The second kappa shape index (κ2) is 32.7. The van der Waals surface area contributed by atoms with Crippen molar-refractivity contribution >= 4 is 23.8 Å². The topological polar surface area (TPSA) is 240 Å². The molecule has 2 aliphatic heterocycles. The lowest BCUT2D eigenvalue weighted by Gasteiger charge is -2.40. The van der Waals surface area contributed by atoms with Gasteiger partial charge in [-0.2, -0.15) is 0 Å². The van der Waals surface area contributed by atoms with E-state index >= 15 is 9.59 Å². The van der Waals surface area contributed by atoms with E-state index in [2.05, 4.69) is 9.80 Å². The van der Waals surface area contributed by atoms with E-state index in [0.29, 0.717) is 114 Å². The van der Waals surface area contributed by atoms with Crippen molar-refractivity contribution in [2.75, 3.05) is 65.7 Å². The molecular weight excluding hydrogens is 1060 g/mol. The highest BCUT2D eigenvalue weighted by molar-refractivity contribution is 5.91. The molecule has 82 heavy (non-hydrogen) atoms. The van der Waals surface area contributed by atoms with Gasteiger partial charge in [-0.15, -0.1) is 0 Å². The minimum atomic E-state index is -2.65. The molecule has 2 saturated heterocycles. The predicted molar refractivity (Wildman–Crippen MR) is 301 cm³/mol. The van der Waals surface area contributed by atoms with E-state index in [0.717, 1.165) is 0 Å². The summed E-state index contributed by atoms with van der Waals surface area (Å²) in [5.74, 6) is -4.24. The summed E-state index contributed by atoms with van der Waals surface area (Å²) in [4.78, 5) is 66.3. The van der Waals surface area contributed by atoms with Gasteiger partial charge in [-0.3, -0.25) is 9.59 Å². The smallest absolute Gasteiger partial charge is 0.339 e. The fourth-order valence-corrected chi connectivity index (χ4v) is 9.96. The summed E-state index contributed by atoms with van der Waals surface area (Å²) in [5.41, 5.74) is 1.47. The van der Waals surface area contributed by atoms with Crippen LogP contribution in [-0.4, -0.2) is 176 Å². The maximum absolute atomic E-state index is 15.2. The van der Waals surface area contributed by atoms with Crippen molar-refractivity contribution in [1.82, 2.24) is 19.6 Å². The molecule has 0 saturated carbocycles. The number of piperidine rings is 2. The minimum absolute atomic E-state index is 0.0345. The van der Waals surface area contributed by atoms with Crippen molar-refractivity contribution in [3.63, 3.8) is 0 Å². The van der Waals surface area contributed by atoms with E-state index in [9.17, 15) is 49.0 Å². The quantitative estimate of drug-likeness (QED) is 0.0323. The Labute approximate surface area is 480 Å². The molecule has 4 aromatic rings. The molecule has 20 heteroatoms. The summed E-state index contributed by atoms with van der Waals surface area (Å²) in [6, 6.07) is 22.8. The van der Waals surface area contributed by atoms with Gasteiger partial charge in [0.2, 0.25) is 12.2 Å². The van der Waals surface area contributed by atoms with Crippen LogP contribution in [0.1, 0.15) is 114 Å². The van der Waals surface area contributed by atoms with Crippen LogP contribution in [0.4, 0.5) is 8.78 Å². The Bertz CT molecular complexity index is 2390. The van der Waals surface area contributed by atoms with Crippen molar-refractivity contribution in [1.29, 1.82) is 0 Å². The number of aliphatic hydroxyl groups excluding tert-OH is 6. The van der Waals surface area contributed by atoms with Crippen LogP contribution in [0, 0.1) is 23.5 Å². The number of hydrogen-bond donors (Lipinski definition) is 6. The number of carbonyl (C=O) groups excluding carboxylic acids is 4. The molecule has 0 spiro atoms. The summed E-state index contributed by atoms with van der Waals surface area (Å²) < 4.78 is 52.0. The fraction of sp³-hybridized carbons (Fsp3) is 0.548. The van der Waals surface area contributed by atoms with Crippen LogP contribution in [0.2, 0.25) is 0 Å². The van der Waals surface area contributed by atoms with Crippen LogP contribution < -0.4 is 9.47 Å². The molecule has 4 aromatic carbocycles. The second-order valence-electron chi connectivity index (χ2n) is 22.3. The third kappa shape index (κ3) is 20.1. The average molecular weight is 1150 g/mol. The Morgan fingerprint density at radius 1 is 0.512 bits per heavy atom. The summed E-state index contributed by atoms with van der Waals surface area (Å²) in [6.45, 7) is 11.6. The van der Waals surface area contributed by atoms with Gasteiger partial charge in [0.05, 0.1) is 25.4 Å². The first kappa shape index (κ1) is 65.1. The van der Waals surface area contributed by atoms with E-state index in [4.69, 9.17) is 18.9 Å². The molecule has 0 radical (unpaired) electrons. The molecule has 0 aromatic heterocycles. The molecule has 2 heterocycles. The molecule has 2 aliphatic rings. The summed E-state index contributed by atoms with van der Waals surface area (Å²) in [5, 5.41) is 62.3. The van der Waals surface area contributed by atoms with Gasteiger partial charge in [-0.1, -0.05) is 76.2 Å². The number of benzene rings is 4. The lowest BCUT2D eigenvalue weighted by atomic mass is 9.99. The van der Waals surface area contributed by atoms with Crippen molar-refractivity contribution < 1.29 is 77.5 Å². The van der Waals surface area contributed by atoms with Gasteiger partial charge in [0.25, 0.3) is 11.8 Å². The van der Waals surface area contributed by atoms with Crippen LogP contribution >= 0.6 is 0 Å². The molecule has 2 amide bonds. The zero-order valence-corrected chi connectivity index (χ0v) is 47.6. The summed E-state index contributed by atoms with van der Waals surface area (Å²) in [6.07, 6.45) is -6.95. The highest BCUT2D eigenvalue weighted by Gasteiger charge is 2.42. The summed E-state index contributed by atoms with van der Waals surface area (Å²) in [7, 11) is 0. The lowest BCUT2D eigenvalue weighted by molar-refractivity contribution is -0.184. The van der Waals surface area contributed by atoms with Crippen molar-refractivity contribution in [3.8, 4) is 11.5 Å². The first-order valence-electron chi connectivity index (χ1n) is 28.7. The van der Waals surface area contributed by atoms with Crippen molar-refractivity contribution in [3.05, 3.63) is 131 Å². The number of rotatable bonds is 31. The van der Waals surface area contributed by atoms with Crippen LogP contribution in [0.25, 0.3) is 0 Å². The Hall–Kier alpha value is -6.10. The predicted octanol–water partition coefficient (Wildman–Crippen LogP) is 5.88. The molecule has 450 valence electrons. The zero-order chi connectivity index (χ0) is 59.3. The van der Waals surface area contributed by atoms with Crippen LogP contribution in [-0.2, 0) is 41.7 Å². The maximum Gasteiger partial charge on any atom is 0.339 e. The van der Waals surface area contributed by atoms with Gasteiger partial charge in [0, 0.05) is 88.8 Å². The maximum atomic E-state index is 15.2. The van der Waals surface area contributed by atoms with Crippen LogP contribution in [0.3, 0.4) is 0 Å². The largest absolute Gasteiger partial charge is 0.493 e. The van der Waals surface area contributed by atoms with Crippen molar-refractivity contribution in [2.24, 2.45) is 11.8 Å². The minimum Gasteiger partial charge on any atom is -0.493 e. The highest BCUT2D eigenvalue weighted by atomic mass is 19.1. The van der Waals surface area contributed by atoms with E-state index in [1.165, 1.54) is 82.6 Å². The lowest BCUT2D eigenvalue weighted by Crippen LogP contribution is -2.50. The number of nitrogens with zero attached hydrogens (tertiary/aromatic N) is 4. The zero-order valence-electron chi connectivity index (χ0n) is 47.6. The van der Waals surface area contributed by atoms with Gasteiger partial charge in [-0.05, 0) is 123 Å². The Balaban J connectivity index is 1.28. The first-order valence-corrected chi connectivity index (χ1v) is 28.7. The molecule has 0 aliphatic carbocycles. The monoisotopic (exact) mass is 1150 g/mol. The molecule has 6 unspecified atom stereocenters. The number of carbonyl (C=O) groups is 4. The molecule has 2 fully saturated rings. The van der Waals surface area contributed by atoms with E-state index in [1.807, 2.05) is 27.7 Å². The number of amides is 2. The SMILES string of the molecule is CC(C)COc1ccc(C(OC(=O)C(O)C(O)C(=O)OC(C(=O)N(Cc2ccc(F)cc2)C2CCN(CCC(O)CCO)CC2)c2ccc(OCC(C)C)cc2)C(=O)N(Cc2ccc(F)cc2)C2CCN(CCC(O)CCO)CC2)cc1. The Morgan fingerprint density at radius 3 is 1.15 bits per heavy atom. The normalized spacial score (nSPS) is 16.9. The molecule has 0 bridgehead atoms. The molecule has 18 nitrogen and oxygen atoms in total. The van der Waals surface area contributed by atoms with Crippen molar-refractivity contribution in [2.45, 2.75) is 141 Å². The number of ether oxygens (including phenoxy) is 4.